The van der Waals surface area contributed by atoms with Crippen LogP contribution in [0.5, 0.6) is 0 Å². The molecule has 34 heavy (non-hydrogen) atoms. The Morgan fingerprint density at radius 3 is 2.50 bits per heavy atom. The number of aromatic amines is 1. The van der Waals surface area contributed by atoms with Gasteiger partial charge in [-0.1, -0.05) is 49.4 Å². The van der Waals surface area contributed by atoms with E-state index in [-0.39, 0.29) is 35.1 Å². The number of carbonyl (C=O) groups is 2. The summed E-state index contributed by atoms with van der Waals surface area (Å²) in [6.45, 7) is 3.52. The quantitative estimate of drug-likeness (QED) is 0.629. The lowest BCUT2D eigenvalue weighted by molar-refractivity contribution is -0.410. The smallest absolute Gasteiger partial charge is 0.281 e. The average molecular weight is 460 g/mol. The van der Waals surface area contributed by atoms with E-state index in [1.165, 1.54) is 11.1 Å². The predicted octanol–water partition coefficient (Wildman–Crippen LogP) is 3.02. The van der Waals surface area contributed by atoms with Gasteiger partial charge in [0.25, 0.3) is 5.91 Å². The molecule has 0 bridgehead atoms. The second-order valence-electron chi connectivity index (χ2n) is 10.4. The molecule has 1 aliphatic carbocycles. The van der Waals surface area contributed by atoms with Gasteiger partial charge in [0.05, 0.1) is 5.92 Å². The summed E-state index contributed by atoms with van der Waals surface area (Å²) in [7, 11) is 3.67. The van der Waals surface area contributed by atoms with Crippen molar-refractivity contribution in [2.45, 2.75) is 49.5 Å². The third kappa shape index (κ3) is 3.61. The molecule has 6 heteroatoms. The van der Waals surface area contributed by atoms with Crippen LogP contribution in [-0.2, 0) is 15.0 Å². The van der Waals surface area contributed by atoms with Crippen LogP contribution < -0.4 is 5.73 Å². The van der Waals surface area contributed by atoms with Gasteiger partial charge in [0.15, 0.2) is 6.04 Å². The highest BCUT2D eigenvalue weighted by atomic mass is 16.2. The number of hydrogen-bond acceptors (Lipinski definition) is 2. The van der Waals surface area contributed by atoms with E-state index in [0.29, 0.717) is 13.1 Å². The van der Waals surface area contributed by atoms with E-state index in [1.54, 1.807) is 4.90 Å². The van der Waals surface area contributed by atoms with Crippen molar-refractivity contribution in [1.82, 2.24) is 14.8 Å². The monoisotopic (exact) mass is 459 g/mol. The van der Waals surface area contributed by atoms with Crippen molar-refractivity contribution in [2.75, 3.05) is 27.2 Å². The van der Waals surface area contributed by atoms with Crippen LogP contribution in [0.15, 0.2) is 54.7 Å². The van der Waals surface area contributed by atoms with Gasteiger partial charge in [0, 0.05) is 55.6 Å². The summed E-state index contributed by atoms with van der Waals surface area (Å²) >= 11 is 0. The normalized spacial score (nSPS) is 20.8. The van der Waals surface area contributed by atoms with Crippen molar-refractivity contribution in [3.63, 3.8) is 0 Å². The molecule has 1 saturated heterocycles. The highest BCUT2D eigenvalue weighted by Crippen LogP contribution is 2.52. The second-order valence-corrected chi connectivity index (χ2v) is 10.4. The first-order valence-electron chi connectivity index (χ1n) is 12.3. The van der Waals surface area contributed by atoms with Crippen LogP contribution >= 0.6 is 0 Å². The maximum Gasteiger partial charge on any atom is 0.281 e. The standard InChI is InChI=1S/C28H34N4O2/c1-18(22-17-30-24-11-7-5-9-20(22)24)25(29)27(34)32-14-12-28(13-15-32)16-21(26(33)31(2)3)19-8-4-6-10-23(19)28/h4-11,17-18,21,25,30H,12-16,29H2,1-3H3/p+1/t18-,21-,25?/m1/s1. The fraction of sp³-hybridized carbons (Fsp3) is 0.429. The number of nitrogens with zero attached hydrogens (tertiary/aromatic N) is 2. The maximum absolute atomic E-state index is 13.5. The van der Waals surface area contributed by atoms with Crippen LogP contribution in [0.2, 0.25) is 0 Å². The fourth-order valence-electron chi connectivity index (χ4n) is 6.19. The Labute approximate surface area is 201 Å². The molecule has 2 heterocycles. The zero-order chi connectivity index (χ0) is 24.0. The molecule has 1 aromatic heterocycles. The lowest BCUT2D eigenvalue weighted by Crippen LogP contribution is -2.70. The third-order valence-corrected chi connectivity index (χ3v) is 8.31. The molecule has 0 saturated carbocycles. The molecule has 4 N–H and O–H groups in total. The van der Waals surface area contributed by atoms with Crippen molar-refractivity contribution in [3.05, 3.63) is 71.4 Å². The number of piperidine rings is 1. The van der Waals surface area contributed by atoms with Crippen LogP contribution in [0, 0.1) is 0 Å². The molecule has 0 radical (unpaired) electrons. The van der Waals surface area contributed by atoms with Gasteiger partial charge >= 0.3 is 0 Å². The first kappa shape index (κ1) is 22.7. The number of likely N-dealkylation sites (tertiary alicyclic amines) is 1. The van der Waals surface area contributed by atoms with E-state index in [1.807, 2.05) is 43.4 Å². The molecule has 1 spiro atoms. The fourth-order valence-corrected chi connectivity index (χ4v) is 6.19. The zero-order valence-electron chi connectivity index (χ0n) is 20.4. The van der Waals surface area contributed by atoms with Crippen LogP contribution in [0.3, 0.4) is 0 Å². The number of nitrogens with one attached hydrogen (secondary N) is 1. The lowest BCUT2D eigenvalue weighted by Gasteiger charge is -2.41. The van der Waals surface area contributed by atoms with Crippen LogP contribution in [0.25, 0.3) is 10.9 Å². The average Bonchev–Trinajstić information content (AvgIpc) is 3.43. The number of quaternary nitrogens is 1. The maximum atomic E-state index is 13.5. The summed E-state index contributed by atoms with van der Waals surface area (Å²) in [6.07, 6.45) is 4.64. The Hall–Kier alpha value is -3.12. The Kier molecular flexibility index (Phi) is 5.72. The number of likely N-dealkylation sites (N-methyl/N-ethyl adjacent to an activating group) is 1. The highest BCUT2D eigenvalue weighted by Gasteiger charge is 2.48. The van der Waals surface area contributed by atoms with Gasteiger partial charge in [0.1, 0.15) is 0 Å². The Bertz CT molecular complexity index is 1220. The Balaban J connectivity index is 1.31. The molecular weight excluding hydrogens is 424 g/mol. The molecule has 3 aromatic rings. The van der Waals surface area contributed by atoms with Crippen molar-refractivity contribution in [2.24, 2.45) is 0 Å². The summed E-state index contributed by atoms with van der Waals surface area (Å²) in [5, 5.41) is 1.16. The second kappa shape index (κ2) is 8.58. The number of amides is 2. The van der Waals surface area contributed by atoms with Crippen molar-refractivity contribution < 1.29 is 15.3 Å². The van der Waals surface area contributed by atoms with Gasteiger partial charge in [-0.3, -0.25) is 9.59 Å². The largest absolute Gasteiger partial charge is 0.361 e. The van der Waals surface area contributed by atoms with E-state index < -0.39 is 0 Å². The van der Waals surface area contributed by atoms with Crippen LogP contribution in [-0.4, -0.2) is 59.8 Å². The summed E-state index contributed by atoms with van der Waals surface area (Å²) in [5.41, 5.74) is 8.99. The molecule has 2 amide bonds. The minimum Gasteiger partial charge on any atom is -0.361 e. The van der Waals surface area contributed by atoms with Crippen LogP contribution in [0.1, 0.15) is 54.7 Å². The first-order valence-corrected chi connectivity index (χ1v) is 12.3. The molecule has 1 fully saturated rings. The number of para-hydroxylation sites is 1. The predicted molar refractivity (Wildman–Crippen MR) is 133 cm³/mol. The number of hydrogen-bond donors (Lipinski definition) is 2. The van der Waals surface area contributed by atoms with Gasteiger partial charge in [-0.05, 0) is 42.0 Å². The molecule has 3 atom stereocenters. The van der Waals surface area contributed by atoms with E-state index in [4.69, 9.17) is 0 Å². The van der Waals surface area contributed by atoms with Crippen molar-refractivity contribution >= 4 is 22.7 Å². The summed E-state index contributed by atoms with van der Waals surface area (Å²) in [5.74, 6) is 0.234. The van der Waals surface area contributed by atoms with E-state index in [0.717, 1.165) is 35.7 Å². The first-order chi connectivity index (χ1) is 16.3. The summed E-state index contributed by atoms with van der Waals surface area (Å²) in [6, 6.07) is 16.3. The Morgan fingerprint density at radius 2 is 1.76 bits per heavy atom. The number of carbonyl (C=O) groups excluding carboxylic acids is 2. The van der Waals surface area contributed by atoms with Crippen molar-refractivity contribution in [3.8, 4) is 0 Å². The van der Waals surface area contributed by atoms with E-state index in [9.17, 15) is 9.59 Å². The minimum absolute atomic E-state index is 0.0221. The molecular formula is C28H35N4O2+. The van der Waals surface area contributed by atoms with Gasteiger partial charge in [-0.25, -0.2) is 0 Å². The summed E-state index contributed by atoms with van der Waals surface area (Å²) < 4.78 is 0. The van der Waals surface area contributed by atoms with Gasteiger partial charge < -0.3 is 20.5 Å². The van der Waals surface area contributed by atoms with Gasteiger partial charge in [-0.2, -0.15) is 0 Å². The molecule has 2 aliphatic rings. The number of H-pyrrole nitrogens is 1. The number of aromatic nitrogens is 1. The van der Waals surface area contributed by atoms with Crippen molar-refractivity contribution in [1.29, 1.82) is 0 Å². The molecule has 2 aromatic carbocycles. The third-order valence-electron chi connectivity index (χ3n) is 8.31. The van der Waals surface area contributed by atoms with E-state index >= 15 is 0 Å². The zero-order valence-corrected chi connectivity index (χ0v) is 20.4. The Morgan fingerprint density at radius 1 is 1.09 bits per heavy atom. The van der Waals surface area contributed by atoms with Crippen LogP contribution in [0.4, 0.5) is 0 Å². The molecule has 6 nitrogen and oxygen atoms in total. The molecule has 5 rings (SSSR count). The SMILES string of the molecule is C[C@H](c1c[nH]c2ccccc12)C([NH3+])C(=O)N1CCC2(CC1)C[C@@H](C(=O)N(C)C)c1ccccc12. The minimum atomic E-state index is -0.341. The number of fused-ring (bicyclic) bond motifs is 3. The number of benzene rings is 2. The van der Waals surface area contributed by atoms with Gasteiger partial charge in [-0.15, -0.1) is 0 Å². The molecule has 178 valence electrons. The van der Waals surface area contributed by atoms with Gasteiger partial charge in [0.2, 0.25) is 5.91 Å². The lowest BCUT2D eigenvalue weighted by atomic mass is 9.73. The highest BCUT2D eigenvalue weighted by molar-refractivity contribution is 5.87. The molecule has 1 unspecified atom stereocenters. The number of rotatable bonds is 4. The summed E-state index contributed by atoms with van der Waals surface area (Å²) in [4.78, 5) is 33.4. The molecule has 1 aliphatic heterocycles. The topological polar surface area (TPSA) is 84.0 Å². The van der Waals surface area contributed by atoms with E-state index in [2.05, 4.69) is 48.0 Å².